The van der Waals surface area contributed by atoms with Crippen LogP contribution in [0.1, 0.15) is 45.0 Å². The number of aryl methyl sites for hydroxylation is 1. The molecule has 0 aliphatic heterocycles. The summed E-state index contributed by atoms with van der Waals surface area (Å²) in [6, 6.07) is 12.1. The molecule has 2 rings (SSSR count). The van der Waals surface area contributed by atoms with Gasteiger partial charge in [-0.3, -0.25) is 4.79 Å². The van der Waals surface area contributed by atoms with Gasteiger partial charge in [0.15, 0.2) is 0 Å². The maximum Gasteiger partial charge on any atom is 0.240 e. The summed E-state index contributed by atoms with van der Waals surface area (Å²) in [7, 11) is 0. The third-order valence-electron chi connectivity index (χ3n) is 4.09. The highest BCUT2D eigenvalue weighted by molar-refractivity contribution is 5.86. The molecule has 0 spiro atoms. The number of carbonyl (C=O) groups excluding carboxylic acids is 1. The first-order valence-electron chi connectivity index (χ1n) is 8.54. The zero-order chi connectivity index (χ0) is 17.7. The van der Waals surface area contributed by atoms with Gasteiger partial charge in [0.05, 0.1) is 16.9 Å². The van der Waals surface area contributed by atoms with Gasteiger partial charge < -0.3 is 11.1 Å². The molecule has 5 nitrogen and oxygen atoms in total. The van der Waals surface area contributed by atoms with Crippen molar-refractivity contribution in [3.8, 4) is 5.69 Å². The second kappa shape index (κ2) is 9.02. The molecule has 6 heteroatoms. The summed E-state index contributed by atoms with van der Waals surface area (Å²) in [5, 5.41) is 7.61. The average molecular weight is 365 g/mol. The molecule has 0 saturated heterocycles. The third-order valence-corrected chi connectivity index (χ3v) is 4.09. The number of halogens is 1. The quantitative estimate of drug-likeness (QED) is 0.792. The zero-order valence-corrected chi connectivity index (χ0v) is 16.3. The normalized spacial score (nSPS) is 14.3. The van der Waals surface area contributed by atoms with Crippen molar-refractivity contribution >= 4 is 18.3 Å². The minimum absolute atomic E-state index is 0. The van der Waals surface area contributed by atoms with Gasteiger partial charge in [0, 0.05) is 18.2 Å². The molecule has 2 unspecified atom stereocenters. The van der Waals surface area contributed by atoms with Gasteiger partial charge in [-0.1, -0.05) is 31.5 Å². The fourth-order valence-electron chi connectivity index (χ4n) is 2.88. The van der Waals surface area contributed by atoms with E-state index in [1.54, 1.807) is 6.92 Å². The molecule has 138 valence electrons. The largest absolute Gasteiger partial charge is 0.352 e. The molecule has 2 aromatic rings. The van der Waals surface area contributed by atoms with Gasteiger partial charge in [0.1, 0.15) is 0 Å². The molecule has 1 amide bonds. The summed E-state index contributed by atoms with van der Waals surface area (Å²) in [5.74, 6) is -0.0978. The Morgan fingerprint density at radius 1 is 1.36 bits per heavy atom. The molecule has 3 N–H and O–H groups in total. The summed E-state index contributed by atoms with van der Waals surface area (Å²) in [5.41, 5.74) is 8.34. The Morgan fingerprint density at radius 3 is 2.60 bits per heavy atom. The van der Waals surface area contributed by atoms with E-state index < -0.39 is 5.54 Å². The first-order chi connectivity index (χ1) is 11.3. The van der Waals surface area contributed by atoms with Crippen LogP contribution >= 0.6 is 12.4 Å². The maximum absolute atomic E-state index is 12.4. The molecular weight excluding hydrogens is 336 g/mol. The van der Waals surface area contributed by atoms with E-state index in [1.807, 2.05) is 55.8 Å². The van der Waals surface area contributed by atoms with Crippen LogP contribution in [0.2, 0.25) is 0 Å². The highest BCUT2D eigenvalue weighted by Gasteiger charge is 2.28. The SMILES string of the molecule is CCCC(C)(N)C(=O)NC(C)Cc1cc(C)nn1-c1ccccc1.Cl. The van der Waals surface area contributed by atoms with Gasteiger partial charge in [-0.05, 0) is 45.4 Å². The number of carbonyl (C=O) groups is 1. The third kappa shape index (κ3) is 5.58. The van der Waals surface area contributed by atoms with Gasteiger partial charge in [-0.25, -0.2) is 4.68 Å². The first-order valence-corrected chi connectivity index (χ1v) is 8.54. The molecule has 1 heterocycles. The predicted octanol–water partition coefficient (Wildman–Crippen LogP) is 3.17. The van der Waals surface area contributed by atoms with Crippen molar-refractivity contribution in [1.82, 2.24) is 15.1 Å². The van der Waals surface area contributed by atoms with Crippen molar-refractivity contribution in [2.45, 2.75) is 58.5 Å². The minimum Gasteiger partial charge on any atom is -0.352 e. The highest BCUT2D eigenvalue weighted by Crippen LogP contribution is 2.15. The van der Waals surface area contributed by atoms with Crippen molar-refractivity contribution < 1.29 is 4.79 Å². The van der Waals surface area contributed by atoms with Crippen LogP contribution in [0.15, 0.2) is 36.4 Å². The number of hydrogen-bond acceptors (Lipinski definition) is 3. The Morgan fingerprint density at radius 2 is 2.00 bits per heavy atom. The number of nitrogens with zero attached hydrogens (tertiary/aromatic N) is 2. The Hall–Kier alpha value is -1.85. The first kappa shape index (κ1) is 21.2. The zero-order valence-electron chi connectivity index (χ0n) is 15.5. The van der Waals surface area contributed by atoms with Crippen molar-refractivity contribution in [1.29, 1.82) is 0 Å². The number of nitrogens with one attached hydrogen (secondary N) is 1. The van der Waals surface area contributed by atoms with E-state index in [0.717, 1.165) is 23.5 Å². The standard InChI is InChI=1S/C19H28N4O.ClH/c1-5-11-19(4,20)18(24)21-14(2)12-17-13-15(3)22-23(17)16-9-7-6-8-10-16;/h6-10,13-14H,5,11-12,20H2,1-4H3,(H,21,24);1H. The van der Waals surface area contributed by atoms with Crippen molar-refractivity contribution in [2.75, 3.05) is 0 Å². The van der Waals surface area contributed by atoms with Crippen LogP contribution in [0.25, 0.3) is 5.69 Å². The maximum atomic E-state index is 12.4. The van der Waals surface area contributed by atoms with Gasteiger partial charge in [0.25, 0.3) is 0 Å². The molecular formula is C19H29ClN4O. The van der Waals surface area contributed by atoms with Crippen molar-refractivity contribution in [2.24, 2.45) is 5.73 Å². The van der Waals surface area contributed by atoms with Gasteiger partial charge in [0.2, 0.25) is 5.91 Å². The predicted molar refractivity (Wildman–Crippen MR) is 104 cm³/mol. The number of nitrogens with two attached hydrogens (primary N) is 1. The van der Waals surface area contributed by atoms with Crippen LogP contribution in [-0.4, -0.2) is 27.3 Å². The summed E-state index contributed by atoms with van der Waals surface area (Å²) < 4.78 is 1.94. The van der Waals surface area contributed by atoms with Crippen LogP contribution < -0.4 is 11.1 Å². The van der Waals surface area contributed by atoms with E-state index in [0.29, 0.717) is 12.8 Å². The molecule has 25 heavy (non-hydrogen) atoms. The van der Waals surface area contributed by atoms with E-state index in [1.165, 1.54) is 0 Å². The van der Waals surface area contributed by atoms with E-state index in [9.17, 15) is 4.79 Å². The smallest absolute Gasteiger partial charge is 0.240 e. The lowest BCUT2D eigenvalue weighted by atomic mass is 9.96. The molecule has 1 aromatic carbocycles. The summed E-state index contributed by atoms with van der Waals surface area (Å²) in [6.45, 7) is 7.79. The lowest BCUT2D eigenvalue weighted by molar-refractivity contribution is -0.126. The second-order valence-corrected chi connectivity index (χ2v) is 6.77. The van der Waals surface area contributed by atoms with Gasteiger partial charge in [-0.2, -0.15) is 5.10 Å². The Labute approximate surface area is 156 Å². The Kier molecular flexibility index (Phi) is 7.64. The number of aromatic nitrogens is 2. The van der Waals surface area contributed by atoms with Gasteiger partial charge >= 0.3 is 0 Å². The average Bonchev–Trinajstić information content (AvgIpc) is 2.88. The summed E-state index contributed by atoms with van der Waals surface area (Å²) >= 11 is 0. The number of amides is 1. The van der Waals surface area contributed by atoms with E-state index in [4.69, 9.17) is 5.73 Å². The molecule has 0 aliphatic rings. The van der Waals surface area contributed by atoms with Crippen molar-refractivity contribution in [3.05, 3.63) is 47.8 Å². The molecule has 0 saturated carbocycles. The highest BCUT2D eigenvalue weighted by atomic mass is 35.5. The molecule has 1 aromatic heterocycles. The topological polar surface area (TPSA) is 72.9 Å². The van der Waals surface area contributed by atoms with E-state index in [-0.39, 0.29) is 24.4 Å². The second-order valence-electron chi connectivity index (χ2n) is 6.77. The summed E-state index contributed by atoms with van der Waals surface area (Å²) in [6.07, 6.45) is 2.26. The lowest BCUT2D eigenvalue weighted by Gasteiger charge is -2.25. The van der Waals surface area contributed by atoms with E-state index >= 15 is 0 Å². The van der Waals surface area contributed by atoms with E-state index in [2.05, 4.69) is 16.5 Å². The number of hydrogen-bond donors (Lipinski definition) is 2. The fraction of sp³-hybridized carbons (Fsp3) is 0.474. The van der Waals surface area contributed by atoms with Crippen LogP contribution in [0, 0.1) is 6.92 Å². The number of rotatable bonds is 7. The van der Waals surface area contributed by atoms with Crippen molar-refractivity contribution in [3.63, 3.8) is 0 Å². The van der Waals surface area contributed by atoms with Crippen LogP contribution in [0.4, 0.5) is 0 Å². The minimum atomic E-state index is -0.821. The number of para-hydroxylation sites is 1. The monoisotopic (exact) mass is 364 g/mol. The van der Waals surface area contributed by atoms with Crippen LogP contribution in [0.3, 0.4) is 0 Å². The van der Waals surface area contributed by atoms with Gasteiger partial charge in [-0.15, -0.1) is 12.4 Å². The Bertz CT molecular complexity index is 682. The fourth-order valence-corrected chi connectivity index (χ4v) is 2.88. The van der Waals surface area contributed by atoms with Crippen LogP contribution in [0.5, 0.6) is 0 Å². The molecule has 0 radical (unpaired) electrons. The Balaban J connectivity index is 0.00000312. The molecule has 0 bridgehead atoms. The lowest BCUT2D eigenvalue weighted by Crippen LogP contribution is -2.54. The molecule has 2 atom stereocenters. The number of benzene rings is 1. The van der Waals surface area contributed by atoms with Crippen LogP contribution in [-0.2, 0) is 11.2 Å². The molecule has 0 aliphatic carbocycles. The molecule has 0 fully saturated rings. The summed E-state index contributed by atoms with van der Waals surface area (Å²) in [4.78, 5) is 12.4.